The summed E-state index contributed by atoms with van der Waals surface area (Å²) < 4.78 is 5.83. The van der Waals surface area contributed by atoms with E-state index in [1.54, 1.807) is 12.1 Å². The second kappa shape index (κ2) is 11.9. The van der Waals surface area contributed by atoms with Gasteiger partial charge in [0.25, 0.3) is 5.91 Å². The second-order valence-corrected chi connectivity index (χ2v) is 8.07. The highest BCUT2D eigenvalue weighted by Crippen LogP contribution is 2.32. The first-order valence-electron chi connectivity index (χ1n) is 11.4. The van der Waals surface area contributed by atoms with E-state index in [-0.39, 0.29) is 24.8 Å². The number of benzene rings is 3. The highest BCUT2D eigenvalue weighted by atomic mass is 16.5. The number of ether oxygens (including phenoxy) is 1. The number of unbranched alkanes of at least 4 members (excludes halogenated alkanes) is 1. The molecule has 1 amide bonds. The molecule has 3 aromatic carbocycles. The molecule has 0 aliphatic heterocycles. The lowest BCUT2D eigenvalue weighted by molar-refractivity contribution is -0.136. The van der Waals surface area contributed by atoms with E-state index in [4.69, 9.17) is 9.84 Å². The average molecular weight is 446 g/mol. The Labute approximate surface area is 195 Å². The van der Waals surface area contributed by atoms with E-state index in [0.29, 0.717) is 5.56 Å². The lowest BCUT2D eigenvalue weighted by Crippen LogP contribution is -2.25. The number of carbonyl (C=O) groups is 2. The van der Waals surface area contributed by atoms with Gasteiger partial charge in [0, 0.05) is 18.0 Å². The third-order valence-electron chi connectivity index (χ3n) is 5.61. The molecule has 0 bridgehead atoms. The van der Waals surface area contributed by atoms with Gasteiger partial charge in [0.15, 0.2) is 0 Å². The molecule has 0 aromatic heterocycles. The maximum absolute atomic E-state index is 12.2. The quantitative estimate of drug-likeness (QED) is 0.268. The summed E-state index contributed by atoms with van der Waals surface area (Å²) in [6.07, 6.45) is 4.74. The number of fused-ring (bicyclic) bond motifs is 1. The van der Waals surface area contributed by atoms with Gasteiger partial charge in [0.05, 0.1) is 13.0 Å². The molecule has 3 aromatic rings. The van der Waals surface area contributed by atoms with Crippen LogP contribution >= 0.6 is 0 Å². The smallest absolute Gasteiger partial charge is 0.305 e. The third kappa shape index (κ3) is 6.69. The topological polar surface area (TPSA) is 75.6 Å². The highest BCUT2D eigenvalue weighted by Gasteiger charge is 2.15. The molecule has 2 N–H and O–H groups in total. The Morgan fingerprint density at radius 2 is 1.73 bits per heavy atom. The molecule has 0 fully saturated rings. The molecule has 1 unspecified atom stereocenters. The van der Waals surface area contributed by atoms with E-state index in [9.17, 15) is 9.59 Å². The van der Waals surface area contributed by atoms with Gasteiger partial charge in [-0.3, -0.25) is 9.59 Å². The molecule has 0 saturated carbocycles. The SMILES string of the molecule is C=CCC(c1ccc(C(=O)NCCC(=O)O)cc1)c1ccc2cc(OCCCC)ccc2c1. The fourth-order valence-corrected chi connectivity index (χ4v) is 3.77. The van der Waals surface area contributed by atoms with Gasteiger partial charge in [0.2, 0.25) is 0 Å². The minimum Gasteiger partial charge on any atom is -0.494 e. The van der Waals surface area contributed by atoms with Crippen molar-refractivity contribution >= 4 is 22.6 Å². The summed E-state index contributed by atoms with van der Waals surface area (Å²) in [5.41, 5.74) is 2.78. The molecular formula is C28H31NO4. The van der Waals surface area contributed by atoms with E-state index >= 15 is 0 Å². The van der Waals surface area contributed by atoms with Crippen LogP contribution in [0, 0.1) is 0 Å². The Hall–Kier alpha value is -3.60. The van der Waals surface area contributed by atoms with Crippen LogP contribution in [0.2, 0.25) is 0 Å². The van der Waals surface area contributed by atoms with Gasteiger partial charge >= 0.3 is 5.97 Å². The Morgan fingerprint density at radius 3 is 2.42 bits per heavy atom. The molecule has 0 spiro atoms. The number of nitrogens with one attached hydrogen (secondary N) is 1. The minimum absolute atomic E-state index is 0.0977. The fraction of sp³-hybridized carbons (Fsp3) is 0.286. The van der Waals surface area contributed by atoms with Crippen molar-refractivity contribution in [3.8, 4) is 5.75 Å². The first-order chi connectivity index (χ1) is 16.0. The molecular weight excluding hydrogens is 414 g/mol. The molecule has 0 saturated heterocycles. The van der Waals surface area contributed by atoms with Gasteiger partial charge in [-0.2, -0.15) is 0 Å². The number of carboxylic acids is 1. The number of aliphatic carboxylic acids is 1. The van der Waals surface area contributed by atoms with E-state index in [1.165, 1.54) is 5.56 Å². The number of rotatable bonds is 12. The summed E-state index contributed by atoms with van der Waals surface area (Å²) in [4.78, 5) is 22.8. The zero-order chi connectivity index (χ0) is 23.6. The maximum atomic E-state index is 12.2. The van der Waals surface area contributed by atoms with E-state index < -0.39 is 5.97 Å². The summed E-state index contributed by atoms with van der Waals surface area (Å²) in [5.74, 6) is -0.195. The normalized spacial score (nSPS) is 11.7. The second-order valence-electron chi connectivity index (χ2n) is 8.07. The van der Waals surface area contributed by atoms with Crippen LogP contribution < -0.4 is 10.1 Å². The van der Waals surface area contributed by atoms with Crippen LogP contribution in [0.15, 0.2) is 73.3 Å². The van der Waals surface area contributed by atoms with Crippen LogP contribution in [0.25, 0.3) is 10.8 Å². The Kier molecular flexibility index (Phi) is 8.64. The molecule has 3 rings (SSSR count). The number of hydrogen-bond donors (Lipinski definition) is 2. The summed E-state index contributed by atoms with van der Waals surface area (Å²) in [7, 11) is 0. The zero-order valence-corrected chi connectivity index (χ0v) is 19.0. The summed E-state index contributed by atoms with van der Waals surface area (Å²) >= 11 is 0. The van der Waals surface area contributed by atoms with Gasteiger partial charge < -0.3 is 15.2 Å². The van der Waals surface area contributed by atoms with Crippen LogP contribution in [0.1, 0.15) is 60.0 Å². The highest BCUT2D eigenvalue weighted by molar-refractivity contribution is 5.94. The van der Waals surface area contributed by atoms with Crippen molar-refractivity contribution in [3.63, 3.8) is 0 Å². The van der Waals surface area contributed by atoms with Crippen LogP contribution in [-0.4, -0.2) is 30.1 Å². The zero-order valence-electron chi connectivity index (χ0n) is 19.0. The van der Waals surface area contributed by atoms with Gasteiger partial charge in [-0.05, 0) is 59.0 Å². The summed E-state index contributed by atoms with van der Waals surface area (Å²) in [6, 6.07) is 20.1. The fourth-order valence-electron chi connectivity index (χ4n) is 3.77. The first kappa shape index (κ1) is 24.1. The maximum Gasteiger partial charge on any atom is 0.305 e. The van der Waals surface area contributed by atoms with Gasteiger partial charge in [-0.15, -0.1) is 6.58 Å². The Balaban J connectivity index is 1.77. The molecule has 0 aliphatic rings. The molecule has 33 heavy (non-hydrogen) atoms. The Bertz CT molecular complexity index is 1100. The van der Waals surface area contributed by atoms with Crippen molar-refractivity contribution in [1.29, 1.82) is 0 Å². The van der Waals surface area contributed by atoms with Crippen molar-refractivity contribution in [2.24, 2.45) is 0 Å². The number of amides is 1. The molecule has 5 heteroatoms. The van der Waals surface area contributed by atoms with Crippen molar-refractivity contribution in [2.75, 3.05) is 13.2 Å². The lowest BCUT2D eigenvalue weighted by atomic mass is 9.87. The van der Waals surface area contributed by atoms with Crippen LogP contribution in [0.3, 0.4) is 0 Å². The number of carboxylic acid groups (broad SMARTS) is 1. The molecule has 0 radical (unpaired) electrons. The van der Waals surface area contributed by atoms with E-state index in [1.807, 2.05) is 24.3 Å². The van der Waals surface area contributed by atoms with Crippen molar-refractivity contribution in [1.82, 2.24) is 5.32 Å². The predicted octanol–water partition coefficient (Wildman–Crippen LogP) is 5.93. The van der Waals surface area contributed by atoms with Crippen LogP contribution in [0.4, 0.5) is 0 Å². The number of carbonyl (C=O) groups excluding carboxylic acids is 1. The first-order valence-corrected chi connectivity index (χ1v) is 11.4. The van der Waals surface area contributed by atoms with Crippen molar-refractivity contribution in [2.45, 2.75) is 38.5 Å². The lowest BCUT2D eigenvalue weighted by Gasteiger charge is -2.18. The monoisotopic (exact) mass is 445 g/mol. The molecule has 5 nitrogen and oxygen atoms in total. The van der Waals surface area contributed by atoms with Crippen molar-refractivity contribution < 1.29 is 19.4 Å². The molecule has 172 valence electrons. The minimum atomic E-state index is -0.937. The van der Waals surface area contributed by atoms with Gasteiger partial charge in [-0.1, -0.05) is 55.8 Å². The number of allylic oxidation sites excluding steroid dienone is 1. The van der Waals surface area contributed by atoms with Gasteiger partial charge in [-0.25, -0.2) is 0 Å². The van der Waals surface area contributed by atoms with Crippen LogP contribution in [0.5, 0.6) is 5.75 Å². The predicted molar refractivity (Wildman–Crippen MR) is 132 cm³/mol. The largest absolute Gasteiger partial charge is 0.494 e. The molecule has 0 aliphatic carbocycles. The van der Waals surface area contributed by atoms with Crippen molar-refractivity contribution in [3.05, 3.63) is 90.0 Å². The molecule has 0 heterocycles. The summed E-state index contributed by atoms with van der Waals surface area (Å²) in [5, 5.41) is 13.6. The standard InChI is InChI=1S/C28H31NO4/c1-3-5-17-33-25-14-13-22-18-24(12-11-23(22)19-25)26(6-4-2)20-7-9-21(10-8-20)28(32)29-16-15-27(30)31/h4,7-14,18-19,26H,2-3,5-6,15-17H2,1H3,(H,29,32)(H,30,31). The Morgan fingerprint density at radius 1 is 1.03 bits per heavy atom. The average Bonchev–Trinajstić information content (AvgIpc) is 2.82. The number of hydrogen-bond acceptors (Lipinski definition) is 3. The third-order valence-corrected chi connectivity index (χ3v) is 5.61. The summed E-state index contributed by atoms with van der Waals surface area (Å²) in [6.45, 7) is 6.91. The van der Waals surface area contributed by atoms with E-state index in [2.05, 4.69) is 49.2 Å². The molecule has 1 atom stereocenters. The van der Waals surface area contributed by atoms with E-state index in [0.717, 1.165) is 48.0 Å². The van der Waals surface area contributed by atoms with Gasteiger partial charge in [0.1, 0.15) is 5.75 Å². The van der Waals surface area contributed by atoms with Crippen LogP contribution in [-0.2, 0) is 4.79 Å².